The molecule has 0 N–H and O–H groups in total. The van der Waals surface area contributed by atoms with Crippen molar-refractivity contribution in [3.05, 3.63) is 28.8 Å². The van der Waals surface area contributed by atoms with E-state index < -0.39 is 55.6 Å². The second kappa shape index (κ2) is 5.33. The zero-order valence-electron chi connectivity index (χ0n) is 10.2. The predicted molar refractivity (Wildman–Crippen MR) is 72.0 cm³/mol. The van der Waals surface area contributed by atoms with Crippen molar-refractivity contribution in [1.82, 2.24) is 0 Å². The number of carbonyl (C=O) groups excluding carboxylic acids is 1. The molecule has 1 aromatic rings. The normalized spacial score (nSPS) is 20.1. The zero-order chi connectivity index (χ0) is 16.0. The van der Waals surface area contributed by atoms with Gasteiger partial charge >= 0.3 is 6.18 Å². The molecule has 1 unspecified atom stereocenters. The van der Waals surface area contributed by atoms with Crippen molar-refractivity contribution >= 4 is 42.9 Å². The molecule has 0 aromatic heterocycles. The van der Waals surface area contributed by atoms with Crippen LogP contribution in [0.25, 0.3) is 0 Å². The number of benzene rings is 1. The third kappa shape index (κ3) is 3.27. The smallest absolute Gasteiger partial charge is 0.310 e. The van der Waals surface area contributed by atoms with Crippen molar-refractivity contribution in [2.45, 2.75) is 17.8 Å². The van der Waals surface area contributed by atoms with E-state index in [1.807, 2.05) is 0 Å². The van der Waals surface area contributed by atoms with Crippen LogP contribution in [0.4, 0.5) is 18.9 Å². The van der Waals surface area contributed by atoms with E-state index in [1.54, 1.807) is 0 Å². The maximum absolute atomic E-state index is 13.1. The summed E-state index contributed by atoms with van der Waals surface area (Å²) in [4.78, 5) is 12.6. The maximum Gasteiger partial charge on any atom is 0.419 e. The Morgan fingerprint density at radius 2 is 1.90 bits per heavy atom. The van der Waals surface area contributed by atoms with Crippen LogP contribution in [0.1, 0.15) is 12.0 Å². The number of anilines is 1. The van der Waals surface area contributed by atoms with Crippen LogP contribution in [0.15, 0.2) is 18.2 Å². The number of hydrogen-bond donors (Lipinski definition) is 0. The zero-order valence-corrected chi connectivity index (χ0v) is 12.5. The highest BCUT2D eigenvalue weighted by Crippen LogP contribution is 2.42. The number of rotatable bonds is 2. The van der Waals surface area contributed by atoms with E-state index in [0.29, 0.717) is 0 Å². The third-order valence-corrected chi connectivity index (χ3v) is 5.24. The van der Waals surface area contributed by atoms with Crippen LogP contribution in [0, 0.1) is 0 Å². The first-order valence-corrected chi connectivity index (χ1v) is 8.36. The van der Waals surface area contributed by atoms with Gasteiger partial charge in [0.2, 0.25) is 15.0 Å². The fourth-order valence-electron chi connectivity index (χ4n) is 2.11. The lowest BCUT2D eigenvalue weighted by atomic mass is 10.1. The van der Waals surface area contributed by atoms with Gasteiger partial charge in [-0.25, -0.2) is 8.42 Å². The molecule has 1 amide bonds. The molecular formula is C11H8Cl2F3NO3S. The standard InChI is InChI=1S/C11H8Cl2F3NO3S/c12-7-2-1-3-8(10(7)11(14,15)16)17-5-6(4-9(17)18)21(13,19)20/h1-3,6H,4-5H2. The summed E-state index contributed by atoms with van der Waals surface area (Å²) >= 11 is 5.56. The topological polar surface area (TPSA) is 54.5 Å². The highest BCUT2D eigenvalue weighted by molar-refractivity contribution is 8.14. The van der Waals surface area contributed by atoms with Gasteiger partial charge < -0.3 is 4.90 Å². The van der Waals surface area contributed by atoms with E-state index in [4.69, 9.17) is 22.3 Å². The minimum Gasteiger partial charge on any atom is -0.310 e. The monoisotopic (exact) mass is 361 g/mol. The van der Waals surface area contributed by atoms with Crippen molar-refractivity contribution in [2.24, 2.45) is 0 Å². The van der Waals surface area contributed by atoms with Gasteiger partial charge in [0, 0.05) is 23.6 Å². The Hall–Kier alpha value is -0.990. The van der Waals surface area contributed by atoms with Crippen molar-refractivity contribution < 1.29 is 26.4 Å². The summed E-state index contributed by atoms with van der Waals surface area (Å²) in [5.41, 5.74) is -1.64. The van der Waals surface area contributed by atoms with Crippen molar-refractivity contribution in [3.63, 3.8) is 0 Å². The summed E-state index contributed by atoms with van der Waals surface area (Å²) in [6.45, 7) is -0.436. The Morgan fingerprint density at radius 1 is 1.29 bits per heavy atom. The molecule has 0 radical (unpaired) electrons. The molecule has 2 rings (SSSR count). The molecular weight excluding hydrogens is 354 g/mol. The minimum absolute atomic E-state index is 0.436. The lowest BCUT2D eigenvalue weighted by Crippen LogP contribution is -2.29. The molecule has 4 nitrogen and oxygen atoms in total. The number of carbonyl (C=O) groups is 1. The van der Waals surface area contributed by atoms with Crippen LogP contribution in [-0.2, 0) is 20.0 Å². The van der Waals surface area contributed by atoms with Gasteiger partial charge in [-0.15, -0.1) is 0 Å². The summed E-state index contributed by atoms with van der Waals surface area (Å²) < 4.78 is 61.6. The molecule has 0 spiro atoms. The minimum atomic E-state index is -4.77. The molecule has 1 atom stereocenters. The summed E-state index contributed by atoms with van der Waals surface area (Å²) in [5, 5.41) is -1.81. The van der Waals surface area contributed by atoms with E-state index >= 15 is 0 Å². The fraction of sp³-hybridized carbons (Fsp3) is 0.364. The van der Waals surface area contributed by atoms with Crippen LogP contribution in [0.3, 0.4) is 0 Å². The van der Waals surface area contributed by atoms with Gasteiger partial charge in [0.1, 0.15) is 5.25 Å². The van der Waals surface area contributed by atoms with Gasteiger partial charge in [-0.2, -0.15) is 13.2 Å². The average molecular weight is 362 g/mol. The van der Waals surface area contributed by atoms with Gasteiger partial charge in [-0.3, -0.25) is 4.79 Å². The summed E-state index contributed by atoms with van der Waals surface area (Å²) in [6.07, 6.45) is -5.23. The largest absolute Gasteiger partial charge is 0.419 e. The Balaban J connectivity index is 2.49. The molecule has 1 heterocycles. The number of nitrogens with zero attached hydrogens (tertiary/aromatic N) is 1. The molecule has 1 saturated heterocycles. The van der Waals surface area contributed by atoms with Crippen molar-refractivity contribution in [1.29, 1.82) is 0 Å². The van der Waals surface area contributed by atoms with Crippen LogP contribution >= 0.6 is 22.3 Å². The van der Waals surface area contributed by atoms with Gasteiger partial charge in [0.05, 0.1) is 16.3 Å². The molecule has 10 heteroatoms. The lowest BCUT2D eigenvalue weighted by molar-refractivity contribution is -0.137. The van der Waals surface area contributed by atoms with E-state index in [9.17, 15) is 26.4 Å². The Kier molecular flexibility index (Phi) is 4.16. The van der Waals surface area contributed by atoms with Crippen LogP contribution in [0.2, 0.25) is 5.02 Å². The first-order chi connectivity index (χ1) is 9.51. The van der Waals surface area contributed by atoms with Crippen LogP contribution < -0.4 is 4.90 Å². The second-order valence-electron chi connectivity index (χ2n) is 4.44. The number of halogens is 5. The van der Waals surface area contributed by atoms with E-state index in [1.165, 1.54) is 6.07 Å². The molecule has 1 aliphatic rings. The van der Waals surface area contributed by atoms with Crippen LogP contribution in [-0.4, -0.2) is 26.1 Å². The summed E-state index contributed by atoms with van der Waals surface area (Å²) in [7, 11) is 1.12. The number of alkyl halides is 3. The van der Waals surface area contributed by atoms with Gasteiger partial charge in [-0.05, 0) is 12.1 Å². The molecule has 0 bridgehead atoms. The molecule has 21 heavy (non-hydrogen) atoms. The molecule has 0 saturated carbocycles. The van der Waals surface area contributed by atoms with Gasteiger partial charge in [0.25, 0.3) is 0 Å². The predicted octanol–water partition coefficient (Wildman–Crippen LogP) is 3.03. The quantitative estimate of drug-likeness (QED) is 0.760. The maximum atomic E-state index is 13.1. The van der Waals surface area contributed by atoms with Crippen molar-refractivity contribution in [3.8, 4) is 0 Å². The SMILES string of the molecule is O=C1CC(S(=O)(=O)Cl)CN1c1cccc(Cl)c1C(F)(F)F. The Morgan fingerprint density at radius 3 is 2.38 bits per heavy atom. The highest BCUT2D eigenvalue weighted by atomic mass is 35.7. The molecule has 1 fully saturated rings. The first-order valence-electron chi connectivity index (χ1n) is 5.61. The van der Waals surface area contributed by atoms with E-state index in [2.05, 4.69) is 0 Å². The van der Waals surface area contributed by atoms with Gasteiger partial charge in [-0.1, -0.05) is 17.7 Å². The van der Waals surface area contributed by atoms with Gasteiger partial charge in [0.15, 0.2) is 0 Å². The van der Waals surface area contributed by atoms with E-state index in [-0.39, 0.29) is 0 Å². The van der Waals surface area contributed by atoms with Crippen molar-refractivity contribution in [2.75, 3.05) is 11.4 Å². The molecule has 0 aliphatic carbocycles. The molecule has 1 aromatic carbocycles. The summed E-state index contributed by atoms with van der Waals surface area (Å²) in [5.74, 6) is -0.753. The molecule has 1 aliphatic heterocycles. The Bertz CT molecular complexity index is 690. The van der Waals surface area contributed by atoms with E-state index in [0.717, 1.165) is 17.0 Å². The summed E-state index contributed by atoms with van der Waals surface area (Å²) in [6, 6.07) is 3.36. The molecule has 116 valence electrons. The first kappa shape index (κ1) is 16.4. The third-order valence-electron chi connectivity index (χ3n) is 3.05. The highest BCUT2D eigenvalue weighted by Gasteiger charge is 2.43. The number of hydrogen-bond acceptors (Lipinski definition) is 3. The lowest BCUT2D eigenvalue weighted by Gasteiger charge is -2.22. The average Bonchev–Trinajstić information content (AvgIpc) is 2.69. The second-order valence-corrected chi connectivity index (χ2v) is 7.75. The van der Waals surface area contributed by atoms with Crippen LogP contribution in [0.5, 0.6) is 0 Å². The number of amides is 1. The Labute approximate surface area is 127 Å². The fourth-order valence-corrected chi connectivity index (χ4v) is 3.42.